The second-order valence-electron chi connectivity index (χ2n) is 5.99. The van der Waals surface area contributed by atoms with Crippen molar-refractivity contribution in [3.63, 3.8) is 0 Å². The number of carbonyl (C=O) groups excluding carboxylic acids is 2. The van der Waals surface area contributed by atoms with Crippen LogP contribution in [-0.4, -0.2) is 48.6 Å². The first-order valence-electron chi connectivity index (χ1n) is 7.96. The number of ether oxygens (including phenoxy) is 1. The van der Waals surface area contributed by atoms with E-state index >= 15 is 0 Å². The summed E-state index contributed by atoms with van der Waals surface area (Å²) in [6.07, 6.45) is -0.447. The van der Waals surface area contributed by atoms with Crippen LogP contribution in [0.2, 0.25) is 0 Å². The van der Waals surface area contributed by atoms with Gasteiger partial charge in [-0.3, -0.25) is 9.59 Å². The summed E-state index contributed by atoms with van der Waals surface area (Å²) in [5.74, 6) is -0.0863. The van der Waals surface area contributed by atoms with Gasteiger partial charge in [-0.25, -0.2) is 0 Å². The fourth-order valence-corrected chi connectivity index (χ4v) is 2.50. The largest absolute Gasteiger partial charge is 0.366 e. The Morgan fingerprint density at radius 2 is 2.00 bits per heavy atom. The van der Waals surface area contributed by atoms with E-state index in [0.29, 0.717) is 19.7 Å². The zero-order valence-corrected chi connectivity index (χ0v) is 15.2. The minimum atomic E-state index is -0.447. The molecular formula is C17H26ClN3O3. The summed E-state index contributed by atoms with van der Waals surface area (Å²) in [4.78, 5) is 25.5. The lowest BCUT2D eigenvalue weighted by atomic mass is 10.1. The molecule has 0 aromatic heterocycles. The fraction of sp³-hybridized carbons (Fsp3) is 0.529. The molecule has 1 fully saturated rings. The molecule has 7 heteroatoms. The average Bonchev–Trinajstić information content (AvgIpc) is 2.54. The Morgan fingerprint density at radius 3 is 2.50 bits per heavy atom. The Hall–Kier alpha value is -1.63. The molecule has 24 heavy (non-hydrogen) atoms. The molecule has 1 atom stereocenters. The van der Waals surface area contributed by atoms with E-state index in [0.717, 1.165) is 17.8 Å². The topological polar surface area (TPSA) is 70.7 Å². The van der Waals surface area contributed by atoms with Crippen LogP contribution in [0.15, 0.2) is 24.3 Å². The van der Waals surface area contributed by atoms with Gasteiger partial charge in [0.1, 0.15) is 6.10 Å². The highest BCUT2D eigenvalue weighted by molar-refractivity contribution is 5.94. The normalized spacial score (nSPS) is 17.1. The standard InChI is InChI=1S/C17H25N3O3.ClH/c1-12(2)20(13(3)21)11-14-4-6-15(7-5-14)19-17(22)16-10-18-8-9-23-16;/h4-7,12,16,18H,8-11H2,1-3H3,(H,19,22);1H. The van der Waals surface area contributed by atoms with E-state index in [1.165, 1.54) is 0 Å². The Bertz CT molecular complexity index is 543. The predicted octanol–water partition coefficient (Wildman–Crippen LogP) is 1.79. The number of nitrogens with zero attached hydrogens (tertiary/aromatic N) is 1. The number of rotatable bonds is 5. The molecule has 0 bridgehead atoms. The number of carbonyl (C=O) groups is 2. The molecule has 1 aliphatic rings. The quantitative estimate of drug-likeness (QED) is 0.844. The molecule has 1 unspecified atom stereocenters. The number of benzene rings is 1. The summed E-state index contributed by atoms with van der Waals surface area (Å²) in [5.41, 5.74) is 1.76. The van der Waals surface area contributed by atoms with Gasteiger partial charge in [0.15, 0.2) is 0 Å². The van der Waals surface area contributed by atoms with Gasteiger partial charge in [0.05, 0.1) is 6.61 Å². The number of hydrogen-bond acceptors (Lipinski definition) is 4. The molecule has 0 aliphatic carbocycles. The first kappa shape index (κ1) is 20.4. The van der Waals surface area contributed by atoms with Gasteiger partial charge in [0.2, 0.25) is 5.91 Å². The van der Waals surface area contributed by atoms with Gasteiger partial charge in [0.25, 0.3) is 5.91 Å². The molecule has 0 radical (unpaired) electrons. The van der Waals surface area contributed by atoms with Crippen LogP contribution in [0.5, 0.6) is 0 Å². The van der Waals surface area contributed by atoms with Crippen LogP contribution >= 0.6 is 12.4 Å². The van der Waals surface area contributed by atoms with Crippen molar-refractivity contribution in [2.45, 2.75) is 39.5 Å². The van der Waals surface area contributed by atoms with Gasteiger partial charge in [-0.05, 0) is 31.5 Å². The lowest BCUT2D eigenvalue weighted by Gasteiger charge is -2.25. The Balaban J connectivity index is 0.00000288. The van der Waals surface area contributed by atoms with Crippen LogP contribution in [0.3, 0.4) is 0 Å². The van der Waals surface area contributed by atoms with E-state index in [-0.39, 0.29) is 30.3 Å². The van der Waals surface area contributed by atoms with E-state index in [4.69, 9.17) is 4.74 Å². The molecule has 1 aliphatic heterocycles. The molecule has 6 nitrogen and oxygen atoms in total. The molecule has 0 saturated carbocycles. The molecule has 134 valence electrons. The third kappa shape index (κ3) is 5.78. The average molecular weight is 356 g/mol. The van der Waals surface area contributed by atoms with Crippen molar-refractivity contribution in [2.24, 2.45) is 0 Å². The summed E-state index contributed by atoms with van der Waals surface area (Å²) >= 11 is 0. The van der Waals surface area contributed by atoms with E-state index in [9.17, 15) is 9.59 Å². The van der Waals surface area contributed by atoms with Crippen molar-refractivity contribution in [3.05, 3.63) is 29.8 Å². The van der Waals surface area contributed by atoms with E-state index < -0.39 is 6.10 Å². The van der Waals surface area contributed by atoms with Gasteiger partial charge < -0.3 is 20.3 Å². The van der Waals surface area contributed by atoms with Gasteiger partial charge >= 0.3 is 0 Å². The Kier molecular flexibility index (Phi) is 8.18. The van der Waals surface area contributed by atoms with E-state index in [1.54, 1.807) is 11.8 Å². The zero-order valence-electron chi connectivity index (χ0n) is 14.4. The minimum Gasteiger partial charge on any atom is -0.366 e. The Morgan fingerprint density at radius 1 is 1.33 bits per heavy atom. The van der Waals surface area contributed by atoms with Crippen LogP contribution in [-0.2, 0) is 20.9 Å². The van der Waals surface area contributed by atoms with Crippen molar-refractivity contribution in [2.75, 3.05) is 25.0 Å². The highest BCUT2D eigenvalue weighted by Crippen LogP contribution is 2.14. The van der Waals surface area contributed by atoms with Crippen LogP contribution in [0, 0.1) is 0 Å². The van der Waals surface area contributed by atoms with E-state index in [2.05, 4.69) is 10.6 Å². The van der Waals surface area contributed by atoms with Crippen molar-refractivity contribution in [1.29, 1.82) is 0 Å². The van der Waals surface area contributed by atoms with Crippen LogP contribution < -0.4 is 10.6 Å². The van der Waals surface area contributed by atoms with Gasteiger partial charge in [0, 0.05) is 38.3 Å². The summed E-state index contributed by atoms with van der Waals surface area (Å²) in [6, 6.07) is 7.70. The van der Waals surface area contributed by atoms with Crippen molar-refractivity contribution in [1.82, 2.24) is 10.2 Å². The van der Waals surface area contributed by atoms with Crippen molar-refractivity contribution in [3.8, 4) is 0 Å². The van der Waals surface area contributed by atoms with Gasteiger partial charge in [-0.2, -0.15) is 0 Å². The summed E-state index contributed by atoms with van der Waals surface area (Å²) < 4.78 is 5.42. The molecule has 1 aromatic carbocycles. The lowest BCUT2D eigenvalue weighted by molar-refractivity contribution is -0.131. The fourth-order valence-electron chi connectivity index (χ4n) is 2.50. The number of halogens is 1. The minimum absolute atomic E-state index is 0. The summed E-state index contributed by atoms with van der Waals surface area (Å²) in [5, 5.41) is 5.98. The predicted molar refractivity (Wildman–Crippen MR) is 96.3 cm³/mol. The summed E-state index contributed by atoms with van der Waals surface area (Å²) in [6.45, 7) is 7.99. The highest BCUT2D eigenvalue weighted by Gasteiger charge is 2.21. The SMILES string of the molecule is CC(=O)N(Cc1ccc(NC(=O)C2CNCCO2)cc1)C(C)C.Cl. The van der Waals surface area contributed by atoms with Crippen molar-refractivity contribution < 1.29 is 14.3 Å². The third-order valence-corrected chi connectivity index (χ3v) is 3.82. The number of anilines is 1. The van der Waals surface area contributed by atoms with Gasteiger partial charge in [-0.15, -0.1) is 12.4 Å². The van der Waals surface area contributed by atoms with Crippen LogP contribution in [0.1, 0.15) is 26.3 Å². The first-order chi connectivity index (χ1) is 11.0. The second kappa shape index (κ2) is 9.61. The molecular weight excluding hydrogens is 330 g/mol. The maximum atomic E-state index is 12.1. The molecule has 1 heterocycles. The number of amides is 2. The first-order valence-corrected chi connectivity index (χ1v) is 7.96. The molecule has 0 spiro atoms. The van der Waals surface area contributed by atoms with Crippen LogP contribution in [0.25, 0.3) is 0 Å². The van der Waals surface area contributed by atoms with Gasteiger partial charge in [-0.1, -0.05) is 12.1 Å². The monoisotopic (exact) mass is 355 g/mol. The molecule has 1 aromatic rings. The van der Waals surface area contributed by atoms with Crippen molar-refractivity contribution >= 4 is 29.9 Å². The summed E-state index contributed by atoms with van der Waals surface area (Å²) in [7, 11) is 0. The molecule has 2 N–H and O–H groups in total. The number of morpholine rings is 1. The zero-order chi connectivity index (χ0) is 16.8. The smallest absolute Gasteiger partial charge is 0.254 e. The third-order valence-electron chi connectivity index (χ3n) is 3.82. The van der Waals surface area contributed by atoms with Crippen LogP contribution in [0.4, 0.5) is 5.69 Å². The maximum absolute atomic E-state index is 12.1. The maximum Gasteiger partial charge on any atom is 0.254 e. The lowest BCUT2D eigenvalue weighted by Crippen LogP contribution is -2.45. The highest BCUT2D eigenvalue weighted by atomic mass is 35.5. The molecule has 2 rings (SSSR count). The number of nitrogens with one attached hydrogen (secondary N) is 2. The Labute approximate surface area is 149 Å². The number of hydrogen-bond donors (Lipinski definition) is 2. The molecule has 1 saturated heterocycles. The molecule has 2 amide bonds. The van der Waals surface area contributed by atoms with E-state index in [1.807, 2.05) is 38.1 Å². The second-order valence-corrected chi connectivity index (χ2v) is 5.99.